The Hall–Kier alpha value is -4.00. The van der Waals surface area contributed by atoms with Crippen LogP contribution in [0.4, 0.5) is 0 Å². The molecule has 2 aliphatic heterocycles. The highest BCUT2D eigenvalue weighted by Gasteiger charge is 2.47. The SMILES string of the molecule is CC(C)C(=O)O[C@@H]1[C@@H](O)[C@H](C)O[C@@H](Oc2cc(O)c3c(=O)c(O[C@@H]4O[C@H](CO)[C@@H](O)[C@H](O)[C@H]4O)c(-c4ccc(O)cc4)oc3c2)[C@@H]1O. The topological polar surface area (TPSA) is 255 Å². The molecule has 2 aromatic carbocycles. The number of rotatable bonds is 8. The number of aromatic hydroxyl groups is 2. The van der Waals surface area contributed by atoms with Crippen molar-refractivity contribution in [2.24, 2.45) is 5.92 Å². The molecule has 3 heterocycles. The molecule has 0 spiro atoms. The number of benzene rings is 2. The summed E-state index contributed by atoms with van der Waals surface area (Å²) >= 11 is 0. The molecule has 10 atom stereocenters. The monoisotopic (exact) mass is 664 g/mol. The predicted octanol–water partition coefficient (Wildman–Crippen LogP) is -0.537. The maximum Gasteiger partial charge on any atom is 0.308 e. The van der Waals surface area contributed by atoms with Gasteiger partial charge in [0.25, 0.3) is 0 Å². The quantitative estimate of drug-likeness (QED) is 0.141. The number of hydrogen-bond donors (Lipinski definition) is 8. The van der Waals surface area contributed by atoms with Crippen molar-refractivity contribution in [3.8, 4) is 34.3 Å². The van der Waals surface area contributed by atoms with Gasteiger partial charge in [0.1, 0.15) is 58.7 Å². The van der Waals surface area contributed by atoms with E-state index in [4.69, 9.17) is 28.1 Å². The molecular formula is C31H36O16. The maximum atomic E-state index is 13.8. The van der Waals surface area contributed by atoms with Gasteiger partial charge in [-0.15, -0.1) is 0 Å². The van der Waals surface area contributed by atoms with E-state index < -0.39 is 102 Å². The molecule has 0 saturated carbocycles. The number of phenolic OH excluding ortho intramolecular Hbond substituents is 2. The summed E-state index contributed by atoms with van der Waals surface area (Å²) in [6, 6.07) is 7.52. The Balaban J connectivity index is 1.54. The number of aliphatic hydroxyl groups excluding tert-OH is 6. The fourth-order valence-corrected chi connectivity index (χ4v) is 5.15. The van der Waals surface area contributed by atoms with Gasteiger partial charge < -0.3 is 69.0 Å². The Labute approximate surface area is 266 Å². The second-order valence-corrected chi connectivity index (χ2v) is 11.6. The zero-order valence-electron chi connectivity index (χ0n) is 25.4. The zero-order valence-corrected chi connectivity index (χ0v) is 25.4. The van der Waals surface area contributed by atoms with Crippen LogP contribution >= 0.6 is 0 Å². The second-order valence-electron chi connectivity index (χ2n) is 11.6. The van der Waals surface area contributed by atoms with Crippen LogP contribution in [-0.4, -0.2) is 115 Å². The van der Waals surface area contributed by atoms with E-state index in [9.17, 15) is 50.4 Å². The molecule has 16 heteroatoms. The highest BCUT2D eigenvalue weighted by molar-refractivity contribution is 5.88. The number of ether oxygens (including phenoxy) is 5. The van der Waals surface area contributed by atoms with E-state index in [1.807, 2.05) is 0 Å². The highest BCUT2D eigenvalue weighted by atomic mass is 16.7. The average molecular weight is 665 g/mol. The Morgan fingerprint density at radius 1 is 0.872 bits per heavy atom. The highest BCUT2D eigenvalue weighted by Crippen LogP contribution is 2.38. The molecule has 16 nitrogen and oxygen atoms in total. The number of fused-ring (bicyclic) bond motifs is 1. The van der Waals surface area contributed by atoms with Gasteiger partial charge in [-0.2, -0.15) is 0 Å². The summed E-state index contributed by atoms with van der Waals surface area (Å²) in [7, 11) is 0. The first kappa shape index (κ1) is 34.3. The minimum absolute atomic E-state index is 0.121. The van der Waals surface area contributed by atoms with Crippen LogP contribution in [0.25, 0.3) is 22.3 Å². The van der Waals surface area contributed by atoms with E-state index in [2.05, 4.69) is 0 Å². The smallest absolute Gasteiger partial charge is 0.308 e. The van der Waals surface area contributed by atoms with E-state index in [0.29, 0.717) is 0 Å². The van der Waals surface area contributed by atoms with Gasteiger partial charge in [0.2, 0.25) is 23.8 Å². The van der Waals surface area contributed by atoms with E-state index in [1.54, 1.807) is 13.8 Å². The van der Waals surface area contributed by atoms with Crippen LogP contribution < -0.4 is 14.9 Å². The van der Waals surface area contributed by atoms with E-state index >= 15 is 0 Å². The molecule has 0 unspecified atom stereocenters. The lowest BCUT2D eigenvalue weighted by atomic mass is 9.99. The lowest BCUT2D eigenvalue weighted by molar-refractivity contribution is -0.277. The van der Waals surface area contributed by atoms with Crippen LogP contribution in [0.3, 0.4) is 0 Å². The summed E-state index contributed by atoms with van der Waals surface area (Å²) in [4.78, 5) is 26.1. The third-order valence-corrected chi connectivity index (χ3v) is 7.88. The van der Waals surface area contributed by atoms with E-state index in [1.165, 1.54) is 37.3 Å². The standard InChI is InChI=1S/C31H36O16/c1-11(2)29(41)46-27-20(35)12(3)42-31(25(27)40)43-15-8-16(34)19-17(9-15)44-26(13-4-6-14(33)7-5-13)28(22(19)37)47-30-24(39)23(38)21(36)18(10-32)45-30/h4-9,11-12,18,20-21,23-25,27,30-36,38-40H,10H2,1-3H3/t12-,18+,20-,21+,23-,24+,25+,27+,30-,31-/m0/s1. The van der Waals surface area contributed by atoms with Gasteiger partial charge >= 0.3 is 5.97 Å². The van der Waals surface area contributed by atoms with Crippen LogP contribution in [0.15, 0.2) is 45.6 Å². The van der Waals surface area contributed by atoms with Crippen LogP contribution in [-0.2, 0) is 19.0 Å². The summed E-state index contributed by atoms with van der Waals surface area (Å²) in [6.07, 6.45) is -15.5. The Morgan fingerprint density at radius 3 is 2.17 bits per heavy atom. The van der Waals surface area contributed by atoms with Gasteiger partial charge in [-0.25, -0.2) is 0 Å². The van der Waals surface area contributed by atoms with Crippen LogP contribution in [0.1, 0.15) is 20.8 Å². The number of carbonyl (C=O) groups is 1. The van der Waals surface area contributed by atoms with Crippen molar-refractivity contribution in [1.82, 2.24) is 0 Å². The normalized spacial score (nSPS) is 31.1. The first-order chi connectivity index (χ1) is 22.2. The van der Waals surface area contributed by atoms with E-state index in [0.717, 1.165) is 6.07 Å². The number of aliphatic hydroxyl groups is 6. The van der Waals surface area contributed by atoms with Gasteiger partial charge in [-0.3, -0.25) is 9.59 Å². The van der Waals surface area contributed by atoms with Gasteiger partial charge in [0.05, 0.1) is 18.6 Å². The second kappa shape index (κ2) is 13.6. The molecule has 1 aromatic heterocycles. The molecule has 2 saturated heterocycles. The summed E-state index contributed by atoms with van der Waals surface area (Å²) < 4.78 is 33.7. The lowest BCUT2D eigenvalue weighted by Gasteiger charge is -2.40. The van der Waals surface area contributed by atoms with Gasteiger partial charge in [-0.05, 0) is 31.2 Å². The third-order valence-electron chi connectivity index (χ3n) is 7.88. The third kappa shape index (κ3) is 6.72. The average Bonchev–Trinajstić information content (AvgIpc) is 3.03. The molecule has 2 aliphatic rings. The first-order valence-electron chi connectivity index (χ1n) is 14.7. The van der Waals surface area contributed by atoms with Crippen molar-refractivity contribution in [1.29, 1.82) is 0 Å². The molecule has 0 radical (unpaired) electrons. The summed E-state index contributed by atoms with van der Waals surface area (Å²) in [5.74, 6) is -3.06. The molecule has 47 heavy (non-hydrogen) atoms. The number of phenols is 2. The molecule has 5 rings (SSSR count). The van der Waals surface area contributed by atoms with Gasteiger partial charge in [0, 0.05) is 17.7 Å². The molecule has 256 valence electrons. The molecule has 0 bridgehead atoms. The predicted molar refractivity (Wildman–Crippen MR) is 157 cm³/mol. The molecule has 0 amide bonds. The molecule has 0 aliphatic carbocycles. The summed E-state index contributed by atoms with van der Waals surface area (Å²) in [5, 5.41) is 82.2. The molecule has 8 N–H and O–H groups in total. The minimum atomic E-state index is -1.88. The first-order valence-corrected chi connectivity index (χ1v) is 14.7. The van der Waals surface area contributed by atoms with Crippen molar-refractivity contribution in [3.05, 3.63) is 46.6 Å². The number of esters is 1. The lowest BCUT2D eigenvalue weighted by Crippen LogP contribution is -2.60. The van der Waals surface area contributed by atoms with E-state index in [-0.39, 0.29) is 28.4 Å². The molecule has 3 aromatic rings. The fraction of sp³-hybridized carbons (Fsp3) is 0.484. The summed E-state index contributed by atoms with van der Waals surface area (Å²) in [5.41, 5.74) is -1.05. The Morgan fingerprint density at radius 2 is 1.53 bits per heavy atom. The van der Waals surface area contributed by atoms with Crippen molar-refractivity contribution in [2.45, 2.75) is 82.2 Å². The van der Waals surface area contributed by atoms with Crippen LogP contribution in [0.5, 0.6) is 23.0 Å². The molecule has 2 fully saturated rings. The number of carbonyl (C=O) groups excluding carboxylic acids is 1. The van der Waals surface area contributed by atoms with Crippen molar-refractivity contribution in [3.63, 3.8) is 0 Å². The minimum Gasteiger partial charge on any atom is -0.508 e. The Kier molecular flexibility index (Phi) is 9.95. The zero-order chi connectivity index (χ0) is 34.3. The number of hydrogen-bond acceptors (Lipinski definition) is 16. The molecular weight excluding hydrogens is 628 g/mol. The van der Waals surface area contributed by atoms with Gasteiger partial charge in [-0.1, -0.05) is 13.8 Å². The summed E-state index contributed by atoms with van der Waals surface area (Å²) in [6.45, 7) is 3.87. The largest absolute Gasteiger partial charge is 0.508 e. The van der Waals surface area contributed by atoms with Crippen molar-refractivity contribution < 1.29 is 73.7 Å². The van der Waals surface area contributed by atoms with Crippen LogP contribution in [0.2, 0.25) is 0 Å². The van der Waals surface area contributed by atoms with Gasteiger partial charge in [0.15, 0.2) is 18.0 Å². The maximum absolute atomic E-state index is 13.8. The van der Waals surface area contributed by atoms with Crippen molar-refractivity contribution >= 4 is 16.9 Å². The van der Waals surface area contributed by atoms with Crippen molar-refractivity contribution in [2.75, 3.05) is 6.61 Å². The fourth-order valence-electron chi connectivity index (χ4n) is 5.15. The van der Waals surface area contributed by atoms with Crippen LogP contribution in [0, 0.1) is 5.92 Å². The Bertz CT molecular complexity index is 1640.